The van der Waals surface area contributed by atoms with Crippen LogP contribution >= 0.6 is 75.3 Å². The normalized spacial score (nSPS) is 15.8. The fourth-order valence-electron chi connectivity index (χ4n) is 0.754. The summed E-state index contributed by atoms with van der Waals surface area (Å²) in [6.45, 7) is -3.60. The summed E-state index contributed by atoms with van der Waals surface area (Å²) in [5.41, 5.74) is 0.542. The molecule has 1 aromatic carbocycles. The van der Waals surface area contributed by atoms with E-state index >= 15 is 0 Å². The van der Waals surface area contributed by atoms with Crippen LogP contribution in [0.2, 0.25) is 0 Å². The average Bonchev–Trinajstić information content (AvgIpc) is 2.06. The van der Waals surface area contributed by atoms with Gasteiger partial charge in [0.05, 0.1) is 0 Å². The summed E-state index contributed by atoms with van der Waals surface area (Å²) in [6.07, 6.45) is 0. The van der Waals surface area contributed by atoms with Gasteiger partial charge in [0.15, 0.2) is 0 Å². The SMILES string of the molecule is O=P(Cl)(Nc1ccc(I)cc1)C(Cl)(Cl)Cl. The lowest BCUT2D eigenvalue weighted by atomic mass is 10.3. The molecule has 0 aliphatic heterocycles. The van der Waals surface area contributed by atoms with Crippen molar-refractivity contribution in [1.82, 2.24) is 0 Å². The standard InChI is InChI=1S/C7H5Cl4INOP/c8-7(9,10)15(11,14)13-6-3-1-5(12)2-4-6/h1-4H,(H,13,14). The number of hydrogen-bond acceptors (Lipinski definition) is 1. The highest BCUT2D eigenvalue weighted by molar-refractivity contribution is 14.1. The molecule has 1 atom stereocenters. The zero-order valence-electron chi connectivity index (χ0n) is 7.05. The number of benzene rings is 1. The summed E-state index contributed by atoms with van der Waals surface area (Å²) in [5.74, 6) is 0. The van der Waals surface area contributed by atoms with Crippen molar-refractivity contribution >= 4 is 81.0 Å². The van der Waals surface area contributed by atoms with Crippen molar-refractivity contribution in [1.29, 1.82) is 0 Å². The third kappa shape index (κ3) is 4.14. The molecule has 8 heteroatoms. The zero-order chi connectivity index (χ0) is 11.7. The van der Waals surface area contributed by atoms with Crippen molar-refractivity contribution < 1.29 is 4.57 Å². The number of hydrogen-bond donors (Lipinski definition) is 1. The molecule has 0 aliphatic rings. The lowest BCUT2D eigenvalue weighted by molar-refractivity contribution is 0.587. The van der Waals surface area contributed by atoms with E-state index in [2.05, 4.69) is 27.7 Å². The quantitative estimate of drug-likeness (QED) is 0.392. The number of alkyl halides is 3. The average molecular weight is 419 g/mol. The van der Waals surface area contributed by atoms with Gasteiger partial charge < -0.3 is 5.09 Å². The molecule has 0 heterocycles. The summed E-state index contributed by atoms with van der Waals surface area (Å²) in [6, 6.07) is 7.04. The second kappa shape index (κ2) is 5.19. The van der Waals surface area contributed by atoms with Crippen LogP contribution in [0.25, 0.3) is 0 Å². The smallest absolute Gasteiger partial charge is 0.305 e. The summed E-state index contributed by atoms with van der Waals surface area (Å²) < 4.78 is 10.8. The van der Waals surface area contributed by atoms with Gasteiger partial charge in [-0.25, -0.2) is 0 Å². The highest BCUT2D eigenvalue weighted by Crippen LogP contribution is 2.68. The maximum atomic E-state index is 11.7. The van der Waals surface area contributed by atoms with E-state index in [4.69, 9.17) is 46.0 Å². The van der Waals surface area contributed by atoms with E-state index in [0.29, 0.717) is 5.69 Å². The molecule has 0 aliphatic carbocycles. The van der Waals surface area contributed by atoms with Crippen molar-refractivity contribution in [3.63, 3.8) is 0 Å². The lowest BCUT2D eigenvalue weighted by Crippen LogP contribution is -2.07. The first kappa shape index (κ1) is 14.2. The molecule has 0 saturated carbocycles. The van der Waals surface area contributed by atoms with Crippen LogP contribution in [0.4, 0.5) is 5.69 Å². The van der Waals surface area contributed by atoms with Crippen LogP contribution < -0.4 is 5.09 Å². The second-order valence-corrected chi connectivity index (χ2v) is 10.3. The highest BCUT2D eigenvalue weighted by Gasteiger charge is 2.43. The molecule has 0 saturated heterocycles. The third-order valence-corrected chi connectivity index (χ3v) is 7.30. The Balaban J connectivity index is 2.87. The molecule has 1 aromatic rings. The van der Waals surface area contributed by atoms with E-state index in [1.807, 2.05) is 12.1 Å². The molecule has 1 unspecified atom stereocenters. The number of halogens is 5. The molecule has 0 radical (unpaired) electrons. The maximum absolute atomic E-state index is 11.7. The Labute approximate surface area is 121 Å². The van der Waals surface area contributed by atoms with Gasteiger partial charge in [0.25, 0.3) is 3.53 Å². The van der Waals surface area contributed by atoms with Gasteiger partial charge in [0, 0.05) is 9.26 Å². The Bertz CT molecular complexity index is 391. The molecule has 0 amide bonds. The van der Waals surface area contributed by atoms with Gasteiger partial charge >= 0.3 is 6.65 Å². The molecule has 0 spiro atoms. The highest BCUT2D eigenvalue weighted by atomic mass is 127. The van der Waals surface area contributed by atoms with E-state index in [1.165, 1.54) is 0 Å². The Morgan fingerprint density at radius 1 is 1.20 bits per heavy atom. The minimum absolute atomic E-state index is 0.542. The van der Waals surface area contributed by atoms with E-state index < -0.39 is 10.2 Å². The van der Waals surface area contributed by atoms with Gasteiger partial charge in [0.1, 0.15) is 0 Å². The number of anilines is 1. The van der Waals surface area contributed by atoms with Crippen LogP contribution in [-0.4, -0.2) is 3.53 Å². The molecule has 84 valence electrons. The van der Waals surface area contributed by atoms with Crippen LogP contribution in [0.5, 0.6) is 0 Å². The Morgan fingerprint density at radius 3 is 2.07 bits per heavy atom. The summed E-state index contributed by atoms with van der Waals surface area (Å²) in [7, 11) is 0. The van der Waals surface area contributed by atoms with Crippen molar-refractivity contribution in [3.8, 4) is 0 Å². The molecule has 15 heavy (non-hydrogen) atoms. The van der Waals surface area contributed by atoms with Crippen molar-refractivity contribution in [2.45, 2.75) is 3.53 Å². The van der Waals surface area contributed by atoms with E-state index in [9.17, 15) is 4.57 Å². The Morgan fingerprint density at radius 2 is 1.67 bits per heavy atom. The van der Waals surface area contributed by atoms with Gasteiger partial charge in [-0.1, -0.05) is 34.8 Å². The fraction of sp³-hybridized carbons (Fsp3) is 0.143. The van der Waals surface area contributed by atoms with Crippen molar-refractivity contribution in [2.75, 3.05) is 5.09 Å². The van der Waals surface area contributed by atoms with Crippen molar-refractivity contribution in [3.05, 3.63) is 27.8 Å². The van der Waals surface area contributed by atoms with Crippen LogP contribution in [0, 0.1) is 3.57 Å². The molecule has 1 N–H and O–H groups in total. The second-order valence-electron chi connectivity index (χ2n) is 2.62. The van der Waals surface area contributed by atoms with Crippen LogP contribution in [-0.2, 0) is 4.57 Å². The Kier molecular flexibility index (Phi) is 4.92. The predicted molar refractivity (Wildman–Crippen MR) is 76.5 cm³/mol. The molecule has 2 nitrogen and oxygen atoms in total. The van der Waals surface area contributed by atoms with Crippen LogP contribution in [0.15, 0.2) is 24.3 Å². The van der Waals surface area contributed by atoms with Crippen LogP contribution in [0.1, 0.15) is 0 Å². The minimum atomic E-state index is -3.60. The molecule has 1 rings (SSSR count). The van der Waals surface area contributed by atoms with Crippen LogP contribution in [0.3, 0.4) is 0 Å². The minimum Gasteiger partial charge on any atom is -0.321 e. The predicted octanol–water partition coefficient (Wildman–Crippen LogP) is 5.46. The first-order valence-corrected chi connectivity index (χ1v) is 8.45. The van der Waals surface area contributed by atoms with E-state index in [0.717, 1.165) is 3.57 Å². The first-order chi connectivity index (χ1) is 6.72. The largest absolute Gasteiger partial charge is 0.321 e. The molecular formula is C7H5Cl4INOP. The maximum Gasteiger partial charge on any atom is 0.305 e. The van der Waals surface area contributed by atoms with Gasteiger partial charge in [-0.2, -0.15) is 0 Å². The van der Waals surface area contributed by atoms with Gasteiger partial charge in [-0.05, 0) is 58.1 Å². The number of rotatable bonds is 2. The molecule has 0 aromatic heterocycles. The van der Waals surface area contributed by atoms with Crippen molar-refractivity contribution in [2.24, 2.45) is 0 Å². The van der Waals surface area contributed by atoms with E-state index in [1.54, 1.807) is 12.1 Å². The monoisotopic (exact) mass is 417 g/mol. The van der Waals surface area contributed by atoms with Gasteiger partial charge in [0.2, 0.25) is 0 Å². The Hall–Kier alpha value is 1.14. The van der Waals surface area contributed by atoms with Gasteiger partial charge in [-0.3, -0.25) is 4.57 Å². The molecule has 0 bridgehead atoms. The van der Waals surface area contributed by atoms with E-state index in [-0.39, 0.29) is 0 Å². The summed E-state index contributed by atoms with van der Waals surface area (Å²) in [5, 5.41) is 2.51. The first-order valence-electron chi connectivity index (χ1n) is 3.63. The lowest BCUT2D eigenvalue weighted by Gasteiger charge is -2.20. The molecule has 0 fully saturated rings. The topological polar surface area (TPSA) is 29.1 Å². The zero-order valence-corrected chi connectivity index (χ0v) is 13.1. The third-order valence-electron chi connectivity index (χ3n) is 1.44. The molecular weight excluding hydrogens is 414 g/mol. The number of nitrogens with one attached hydrogen (secondary N) is 1. The fourth-order valence-corrected chi connectivity index (χ4v) is 2.39. The summed E-state index contributed by atoms with van der Waals surface area (Å²) in [4.78, 5) is 0. The summed E-state index contributed by atoms with van der Waals surface area (Å²) >= 11 is 24.2. The van der Waals surface area contributed by atoms with Gasteiger partial charge in [-0.15, -0.1) is 0 Å².